The van der Waals surface area contributed by atoms with Gasteiger partial charge in [-0.2, -0.15) is 0 Å². The number of hydrogen-bond acceptors (Lipinski definition) is 1. The molecule has 9 aromatic carbocycles. The summed E-state index contributed by atoms with van der Waals surface area (Å²) in [6.45, 7) is 0. The van der Waals surface area contributed by atoms with Crippen LogP contribution in [0.3, 0.4) is 0 Å². The number of rotatable bonds is 5. The van der Waals surface area contributed by atoms with Gasteiger partial charge < -0.3 is 13.6 Å². The Bertz CT molecular complexity index is 3490. The van der Waals surface area contributed by atoms with Gasteiger partial charge in [0, 0.05) is 55.3 Å². The van der Waals surface area contributed by atoms with Gasteiger partial charge in [0.2, 0.25) is 0 Å². The molecule has 57 heavy (non-hydrogen) atoms. The number of hydrogen-bond donors (Lipinski definition) is 0. The van der Waals surface area contributed by atoms with Crippen LogP contribution in [0.1, 0.15) is 0 Å². The van der Waals surface area contributed by atoms with Crippen LogP contribution in [0.5, 0.6) is 0 Å². The van der Waals surface area contributed by atoms with Gasteiger partial charge in [-0.05, 0) is 88.5 Å². The van der Waals surface area contributed by atoms with Crippen molar-refractivity contribution >= 4 is 65.6 Å². The van der Waals surface area contributed by atoms with Crippen LogP contribution in [-0.4, -0.2) is 9.13 Å². The van der Waals surface area contributed by atoms with E-state index in [0.29, 0.717) is 0 Å². The number of benzene rings is 9. The highest BCUT2D eigenvalue weighted by atomic mass is 16.3. The SMILES string of the molecule is c1ccc(-c2ccc(-n3c4ccc(-c5ccc6c(c5)c5ccccc5n6-c5ccc6c(c5)oc5ccccc56)cc4c4cccc(-c5ccccc5)c43)cc2)cc1. The molecule has 0 spiro atoms. The van der Waals surface area contributed by atoms with Gasteiger partial charge >= 0.3 is 0 Å². The summed E-state index contributed by atoms with van der Waals surface area (Å²) in [6, 6.07) is 74.5. The van der Waals surface area contributed by atoms with Crippen molar-refractivity contribution in [3.8, 4) is 44.8 Å². The van der Waals surface area contributed by atoms with E-state index in [1.807, 2.05) is 12.1 Å². The predicted molar refractivity (Wildman–Crippen MR) is 239 cm³/mol. The normalized spacial score (nSPS) is 11.9. The van der Waals surface area contributed by atoms with Crippen LogP contribution in [0.25, 0.3) is 110 Å². The summed E-state index contributed by atoms with van der Waals surface area (Å²) in [6.07, 6.45) is 0. The van der Waals surface area contributed by atoms with Gasteiger partial charge in [0.1, 0.15) is 11.2 Å². The third-order valence-electron chi connectivity index (χ3n) is 11.7. The van der Waals surface area contributed by atoms with E-state index in [9.17, 15) is 0 Å². The molecule has 0 bridgehead atoms. The average molecular weight is 727 g/mol. The van der Waals surface area contributed by atoms with Crippen LogP contribution in [0.4, 0.5) is 0 Å². The maximum atomic E-state index is 6.33. The molecular formula is C54H34N2O. The first-order valence-corrected chi connectivity index (χ1v) is 19.5. The highest BCUT2D eigenvalue weighted by molar-refractivity contribution is 6.16. The lowest BCUT2D eigenvalue weighted by molar-refractivity contribution is 0.668. The minimum Gasteiger partial charge on any atom is -0.456 e. The molecule has 3 nitrogen and oxygen atoms in total. The zero-order valence-electron chi connectivity index (χ0n) is 30.9. The van der Waals surface area contributed by atoms with E-state index in [1.54, 1.807) is 0 Å². The van der Waals surface area contributed by atoms with Crippen LogP contribution in [0.15, 0.2) is 211 Å². The van der Waals surface area contributed by atoms with Gasteiger partial charge in [-0.1, -0.05) is 140 Å². The third kappa shape index (κ3) is 4.92. The summed E-state index contributed by atoms with van der Waals surface area (Å²) in [5.41, 5.74) is 16.0. The Balaban J connectivity index is 1.03. The third-order valence-corrected chi connectivity index (χ3v) is 11.7. The summed E-state index contributed by atoms with van der Waals surface area (Å²) in [5, 5.41) is 7.19. The summed E-state index contributed by atoms with van der Waals surface area (Å²) in [7, 11) is 0. The second-order valence-corrected chi connectivity index (χ2v) is 14.9. The minimum atomic E-state index is 0.895. The van der Waals surface area contributed by atoms with Gasteiger partial charge in [0.05, 0.1) is 22.1 Å². The van der Waals surface area contributed by atoms with E-state index < -0.39 is 0 Å². The molecule has 0 atom stereocenters. The fourth-order valence-electron chi connectivity index (χ4n) is 9.09. The lowest BCUT2D eigenvalue weighted by Crippen LogP contribution is -1.95. The molecule has 266 valence electrons. The molecule has 3 heterocycles. The van der Waals surface area contributed by atoms with E-state index in [-0.39, 0.29) is 0 Å². The lowest BCUT2D eigenvalue weighted by atomic mass is 9.99. The van der Waals surface area contributed by atoms with Crippen molar-refractivity contribution in [2.45, 2.75) is 0 Å². The van der Waals surface area contributed by atoms with E-state index in [0.717, 1.165) is 33.3 Å². The molecule has 0 unspecified atom stereocenters. The standard InChI is InChI=1S/C54H34N2O/c1-3-12-35(13-4-1)36-22-26-40(27-23-36)56-51-31-25-39(33-48(51)46-19-11-18-42(54(46)56)37-14-5-2-6-15-37)38-24-30-50-47(32-38)43-16-7-9-20-49(43)55(50)41-28-29-45-44-17-8-10-21-52(44)57-53(45)34-41/h1-34H. The van der Waals surface area contributed by atoms with Crippen molar-refractivity contribution in [1.82, 2.24) is 9.13 Å². The molecule has 0 amide bonds. The van der Waals surface area contributed by atoms with Crippen LogP contribution >= 0.6 is 0 Å². The van der Waals surface area contributed by atoms with Crippen molar-refractivity contribution < 1.29 is 4.42 Å². The molecule has 0 aliphatic heterocycles. The Morgan fingerprint density at radius 3 is 1.60 bits per heavy atom. The zero-order valence-corrected chi connectivity index (χ0v) is 30.9. The maximum Gasteiger partial charge on any atom is 0.137 e. The van der Waals surface area contributed by atoms with Crippen molar-refractivity contribution in [3.63, 3.8) is 0 Å². The van der Waals surface area contributed by atoms with Crippen molar-refractivity contribution in [1.29, 1.82) is 0 Å². The van der Waals surface area contributed by atoms with E-state index in [1.165, 1.54) is 77.0 Å². The molecule has 3 aromatic heterocycles. The second kappa shape index (κ2) is 12.5. The molecule has 0 aliphatic carbocycles. The van der Waals surface area contributed by atoms with Crippen LogP contribution in [0.2, 0.25) is 0 Å². The Morgan fingerprint density at radius 1 is 0.281 bits per heavy atom. The molecular weight excluding hydrogens is 693 g/mol. The first-order valence-electron chi connectivity index (χ1n) is 19.5. The largest absolute Gasteiger partial charge is 0.456 e. The summed E-state index contributed by atoms with van der Waals surface area (Å²) in [5.74, 6) is 0. The van der Waals surface area contributed by atoms with Crippen molar-refractivity contribution in [2.24, 2.45) is 0 Å². The Kier molecular flexibility index (Phi) is 6.93. The molecule has 12 aromatic rings. The molecule has 0 N–H and O–H groups in total. The average Bonchev–Trinajstić information content (AvgIpc) is 3.94. The number of nitrogens with zero attached hydrogens (tertiary/aromatic N) is 2. The van der Waals surface area contributed by atoms with Crippen LogP contribution in [0, 0.1) is 0 Å². The Morgan fingerprint density at radius 2 is 0.825 bits per heavy atom. The minimum absolute atomic E-state index is 0.895. The molecule has 0 saturated heterocycles. The van der Waals surface area contributed by atoms with Crippen molar-refractivity contribution in [3.05, 3.63) is 206 Å². The molecule has 0 aliphatic rings. The lowest BCUT2D eigenvalue weighted by Gasteiger charge is -2.13. The molecule has 0 saturated carbocycles. The quantitative estimate of drug-likeness (QED) is 0.173. The fraction of sp³-hybridized carbons (Fsp3) is 0. The van der Waals surface area contributed by atoms with Crippen LogP contribution < -0.4 is 0 Å². The summed E-state index contributed by atoms with van der Waals surface area (Å²) < 4.78 is 11.1. The topological polar surface area (TPSA) is 23.0 Å². The highest BCUT2D eigenvalue weighted by Gasteiger charge is 2.19. The monoisotopic (exact) mass is 726 g/mol. The number of aromatic nitrogens is 2. The van der Waals surface area contributed by atoms with Gasteiger partial charge in [-0.25, -0.2) is 0 Å². The number of furan rings is 1. The zero-order chi connectivity index (χ0) is 37.5. The summed E-state index contributed by atoms with van der Waals surface area (Å²) in [4.78, 5) is 0. The first kappa shape index (κ1) is 31.7. The van der Waals surface area contributed by atoms with E-state index >= 15 is 0 Å². The van der Waals surface area contributed by atoms with Gasteiger partial charge in [-0.15, -0.1) is 0 Å². The number of para-hydroxylation sites is 3. The van der Waals surface area contributed by atoms with Gasteiger partial charge in [-0.3, -0.25) is 0 Å². The summed E-state index contributed by atoms with van der Waals surface area (Å²) >= 11 is 0. The molecule has 3 heteroatoms. The smallest absolute Gasteiger partial charge is 0.137 e. The molecule has 12 rings (SSSR count). The first-order chi connectivity index (χ1) is 28.3. The van der Waals surface area contributed by atoms with Gasteiger partial charge in [0.25, 0.3) is 0 Å². The second-order valence-electron chi connectivity index (χ2n) is 14.9. The molecule has 0 fully saturated rings. The van der Waals surface area contributed by atoms with E-state index in [4.69, 9.17) is 4.42 Å². The maximum absolute atomic E-state index is 6.33. The fourth-order valence-corrected chi connectivity index (χ4v) is 9.09. The Hall–Kier alpha value is -7.62. The van der Waals surface area contributed by atoms with E-state index in [2.05, 4.69) is 203 Å². The van der Waals surface area contributed by atoms with Crippen LogP contribution in [-0.2, 0) is 0 Å². The highest BCUT2D eigenvalue weighted by Crippen LogP contribution is 2.42. The molecule has 0 radical (unpaired) electrons. The number of fused-ring (bicyclic) bond motifs is 9. The Labute approximate surface area is 328 Å². The van der Waals surface area contributed by atoms with Gasteiger partial charge in [0.15, 0.2) is 0 Å². The van der Waals surface area contributed by atoms with Crippen molar-refractivity contribution in [2.75, 3.05) is 0 Å². The predicted octanol–water partition coefficient (Wildman–Crippen LogP) is 14.8.